The summed E-state index contributed by atoms with van der Waals surface area (Å²) in [6.07, 6.45) is 2.71. The molecule has 3 heterocycles. The molecule has 0 radical (unpaired) electrons. The van der Waals surface area contributed by atoms with Crippen LogP contribution in [-0.4, -0.2) is 29.9 Å². The van der Waals surface area contributed by atoms with Crippen LogP contribution in [0.15, 0.2) is 60.8 Å². The van der Waals surface area contributed by atoms with Crippen molar-refractivity contribution >= 4 is 22.6 Å². The van der Waals surface area contributed by atoms with Crippen molar-refractivity contribution < 1.29 is 9.53 Å². The van der Waals surface area contributed by atoms with Crippen LogP contribution < -0.4 is 10.6 Å². The van der Waals surface area contributed by atoms with E-state index in [9.17, 15) is 4.79 Å². The van der Waals surface area contributed by atoms with E-state index in [1.165, 1.54) is 23.6 Å². The molecule has 0 saturated carbocycles. The van der Waals surface area contributed by atoms with E-state index < -0.39 is 0 Å². The molecule has 0 spiro atoms. The molecule has 3 atom stereocenters. The number of aromatic nitrogens is 1. The quantitative estimate of drug-likeness (QED) is 0.708. The zero-order chi connectivity index (χ0) is 17.0. The van der Waals surface area contributed by atoms with E-state index in [2.05, 4.69) is 63.9 Å². The largest absolute Gasteiger partial charge is 0.468 e. The van der Waals surface area contributed by atoms with Gasteiger partial charge in [0.25, 0.3) is 0 Å². The molecule has 1 fully saturated rings. The Hall–Kier alpha value is -2.79. The molecule has 5 heteroatoms. The topological polar surface area (TPSA) is 55.3 Å². The SMILES string of the molecule is COC(=O)[C@H]1C[C@@]2(n3ccc4ccccc43)c3ccccc3N[C@H]2N1. The Kier molecular flexibility index (Phi) is 2.97. The van der Waals surface area contributed by atoms with Crippen LogP contribution >= 0.6 is 0 Å². The molecule has 0 unspecified atom stereocenters. The highest BCUT2D eigenvalue weighted by molar-refractivity contribution is 5.83. The van der Waals surface area contributed by atoms with Crippen molar-refractivity contribution in [2.24, 2.45) is 0 Å². The Morgan fingerprint density at radius 3 is 2.84 bits per heavy atom. The van der Waals surface area contributed by atoms with Crippen LogP contribution in [0.25, 0.3) is 10.9 Å². The second kappa shape index (κ2) is 5.10. The van der Waals surface area contributed by atoms with Gasteiger partial charge in [0.15, 0.2) is 0 Å². The van der Waals surface area contributed by atoms with Crippen molar-refractivity contribution in [1.29, 1.82) is 0 Å². The summed E-state index contributed by atoms with van der Waals surface area (Å²) in [5, 5.41) is 8.19. The Bertz CT molecular complexity index is 980. The molecule has 3 aromatic rings. The third kappa shape index (κ3) is 1.84. The lowest BCUT2D eigenvalue weighted by atomic mass is 9.86. The summed E-state index contributed by atoms with van der Waals surface area (Å²) in [4.78, 5) is 12.2. The molecule has 0 aliphatic carbocycles. The summed E-state index contributed by atoms with van der Waals surface area (Å²) in [6, 6.07) is 18.5. The van der Waals surface area contributed by atoms with Crippen molar-refractivity contribution in [3.8, 4) is 0 Å². The van der Waals surface area contributed by atoms with Crippen LogP contribution in [0.2, 0.25) is 0 Å². The molecule has 2 aromatic carbocycles. The number of anilines is 1. The second-order valence-corrected chi connectivity index (χ2v) is 6.74. The summed E-state index contributed by atoms with van der Waals surface area (Å²) in [7, 11) is 1.44. The summed E-state index contributed by atoms with van der Waals surface area (Å²) in [5.74, 6) is -0.218. The zero-order valence-corrected chi connectivity index (χ0v) is 13.9. The number of nitrogens with one attached hydrogen (secondary N) is 2. The van der Waals surface area contributed by atoms with E-state index in [4.69, 9.17) is 4.74 Å². The summed E-state index contributed by atoms with van der Waals surface area (Å²) in [6.45, 7) is 0. The van der Waals surface area contributed by atoms with Crippen molar-refractivity contribution in [1.82, 2.24) is 9.88 Å². The fourth-order valence-corrected chi connectivity index (χ4v) is 4.49. The van der Waals surface area contributed by atoms with Gasteiger partial charge >= 0.3 is 5.97 Å². The van der Waals surface area contributed by atoms with Crippen LogP contribution in [0.1, 0.15) is 12.0 Å². The number of carbonyl (C=O) groups is 1. The van der Waals surface area contributed by atoms with Gasteiger partial charge in [0.05, 0.1) is 7.11 Å². The molecular formula is C20H19N3O2. The zero-order valence-electron chi connectivity index (χ0n) is 13.9. The minimum Gasteiger partial charge on any atom is -0.468 e. The Morgan fingerprint density at radius 1 is 1.16 bits per heavy atom. The highest BCUT2D eigenvalue weighted by atomic mass is 16.5. The van der Waals surface area contributed by atoms with Crippen molar-refractivity contribution in [3.05, 3.63) is 66.4 Å². The monoisotopic (exact) mass is 333 g/mol. The van der Waals surface area contributed by atoms with Gasteiger partial charge in [0.1, 0.15) is 17.7 Å². The predicted octanol–water partition coefficient (Wildman–Crippen LogP) is 2.67. The van der Waals surface area contributed by atoms with E-state index in [0.29, 0.717) is 6.42 Å². The maximum Gasteiger partial charge on any atom is 0.323 e. The van der Waals surface area contributed by atoms with Crippen LogP contribution in [0.4, 0.5) is 5.69 Å². The van der Waals surface area contributed by atoms with Crippen LogP contribution in [0.5, 0.6) is 0 Å². The average molecular weight is 333 g/mol. The normalized spacial score (nSPS) is 26.9. The number of hydrogen-bond acceptors (Lipinski definition) is 4. The smallest absolute Gasteiger partial charge is 0.323 e. The number of methoxy groups -OCH3 is 1. The number of hydrogen-bond donors (Lipinski definition) is 2. The Morgan fingerprint density at radius 2 is 1.96 bits per heavy atom. The maximum absolute atomic E-state index is 12.2. The minimum atomic E-state index is -0.363. The van der Waals surface area contributed by atoms with Gasteiger partial charge in [-0.15, -0.1) is 0 Å². The van der Waals surface area contributed by atoms with E-state index in [0.717, 1.165) is 5.69 Å². The highest BCUT2D eigenvalue weighted by Gasteiger charge is 2.56. The number of benzene rings is 2. The minimum absolute atomic E-state index is 0.0650. The van der Waals surface area contributed by atoms with Crippen molar-refractivity contribution in [2.45, 2.75) is 24.2 Å². The summed E-state index contributed by atoms with van der Waals surface area (Å²) < 4.78 is 7.31. The highest BCUT2D eigenvalue weighted by Crippen LogP contribution is 2.49. The first-order chi connectivity index (χ1) is 12.2. The molecule has 2 N–H and O–H groups in total. The number of rotatable bonds is 2. The third-order valence-corrected chi connectivity index (χ3v) is 5.57. The molecule has 5 rings (SSSR count). The number of nitrogens with zero attached hydrogens (tertiary/aromatic N) is 1. The number of para-hydroxylation sites is 2. The first-order valence-electron chi connectivity index (χ1n) is 8.50. The van der Waals surface area contributed by atoms with E-state index in [-0.39, 0.29) is 23.7 Å². The van der Waals surface area contributed by atoms with Gasteiger partial charge in [0, 0.05) is 29.4 Å². The predicted molar refractivity (Wildman–Crippen MR) is 96.4 cm³/mol. The molecule has 5 nitrogen and oxygen atoms in total. The lowest BCUT2D eigenvalue weighted by Crippen LogP contribution is -2.46. The number of ether oxygens (including phenoxy) is 1. The Labute approximate surface area is 145 Å². The van der Waals surface area contributed by atoms with Gasteiger partial charge in [-0.2, -0.15) is 0 Å². The van der Waals surface area contributed by atoms with E-state index in [1.54, 1.807) is 0 Å². The molecule has 1 saturated heterocycles. The third-order valence-electron chi connectivity index (χ3n) is 5.57. The number of carbonyl (C=O) groups excluding carboxylic acids is 1. The fourth-order valence-electron chi connectivity index (χ4n) is 4.49. The second-order valence-electron chi connectivity index (χ2n) is 6.74. The fraction of sp³-hybridized carbons (Fsp3) is 0.250. The molecule has 0 amide bonds. The van der Waals surface area contributed by atoms with Gasteiger partial charge in [-0.3, -0.25) is 10.1 Å². The van der Waals surface area contributed by atoms with Crippen LogP contribution in [-0.2, 0) is 15.1 Å². The molecule has 25 heavy (non-hydrogen) atoms. The molecule has 0 bridgehead atoms. The van der Waals surface area contributed by atoms with Gasteiger partial charge in [-0.05, 0) is 23.6 Å². The molecule has 2 aliphatic heterocycles. The average Bonchev–Trinajstić information content (AvgIpc) is 3.30. The number of fused-ring (bicyclic) bond motifs is 4. The van der Waals surface area contributed by atoms with Crippen LogP contribution in [0.3, 0.4) is 0 Å². The van der Waals surface area contributed by atoms with E-state index >= 15 is 0 Å². The van der Waals surface area contributed by atoms with Crippen molar-refractivity contribution in [2.75, 3.05) is 12.4 Å². The lowest BCUT2D eigenvalue weighted by Gasteiger charge is -2.32. The first kappa shape index (κ1) is 14.5. The van der Waals surface area contributed by atoms with Gasteiger partial charge in [-0.1, -0.05) is 36.4 Å². The standard InChI is InChI=1S/C20H19N3O2/c1-25-18(24)16-12-20(23-11-10-13-6-2-5-9-17(13)23)14-7-3-4-8-15(14)21-19(20)22-16/h2-11,16,19,21-22H,12H2,1H3/t16-,19+,20-/m1/s1. The van der Waals surface area contributed by atoms with Gasteiger partial charge in [0.2, 0.25) is 0 Å². The number of esters is 1. The van der Waals surface area contributed by atoms with Crippen molar-refractivity contribution in [3.63, 3.8) is 0 Å². The Balaban J connectivity index is 1.75. The summed E-state index contributed by atoms with van der Waals surface area (Å²) in [5.41, 5.74) is 3.12. The molecule has 2 aliphatic rings. The van der Waals surface area contributed by atoms with Gasteiger partial charge in [-0.25, -0.2) is 0 Å². The maximum atomic E-state index is 12.2. The van der Waals surface area contributed by atoms with Gasteiger partial charge < -0.3 is 14.6 Å². The molecule has 126 valence electrons. The molecular weight excluding hydrogens is 314 g/mol. The first-order valence-corrected chi connectivity index (χ1v) is 8.50. The lowest BCUT2D eigenvalue weighted by molar-refractivity contribution is -0.142. The van der Waals surface area contributed by atoms with E-state index in [1.807, 2.05) is 12.1 Å². The van der Waals surface area contributed by atoms with Crippen LogP contribution in [0, 0.1) is 0 Å². The summed E-state index contributed by atoms with van der Waals surface area (Å²) >= 11 is 0. The molecule has 1 aromatic heterocycles.